The van der Waals surface area contributed by atoms with Gasteiger partial charge in [-0.25, -0.2) is 4.79 Å². The highest BCUT2D eigenvalue weighted by atomic mass is 28.3. The van der Waals surface area contributed by atoms with Gasteiger partial charge in [-0.3, -0.25) is 4.68 Å². The number of carbonyl (C=O) groups is 1. The molecule has 1 aromatic heterocycles. The molecule has 0 radical (unpaired) electrons. The molecule has 0 aliphatic rings. The fourth-order valence-electron chi connectivity index (χ4n) is 2.88. The Balaban J connectivity index is 2.63. The molecular weight excluding hydrogens is 382 g/mol. The molecule has 0 unspecified atom stereocenters. The Labute approximate surface area is 173 Å². The molecule has 1 heterocycles. The molecule has 0 amide bonds. The number of rotatable bonds is 6. The minimum Gasteiger partial charge on any atom is -0.431 e. The van der Waals surface area contributed by atoms with E-state index in [4.69, 9.17) is 9.47 Å². The smallest absolute Gasteiger partial charge is 0.431 e. The first-order chi connectivity index (χ1) is 13.6. The second-order valence-electron chi connectivity index (χ2n) is 8.15. The largest absolute Gasteiger partial charge is 0.514 e. The Morgan fingerprint density at radius 1 is 1.24 bits per heavy atom. The maximum Gasteiger partial charge on any atom is 0.514 e. The van der Waals surface area contributed by atoms with Crippen molar-refractivity contribution in [2.45, 2.75) is 60.0 Å². The molecule has 7 heteroatoms. The number of nitriles is 1. The van der Waals surface area contributed by atoms with E-state index in [1.165, 1.54) is 5.19 Å². The molecule has 0 aliphatic heterocycles. The number of allylic oxidation sites excluding steroid dienone is 1. The van der Waals surface area contributed by atoms with Crippen LogP contribution >= 0.6 is 0 Å². The minimum atomic E-state index is -1.47. The van der Waals surface area contributed by atoms with Crippen molar-refractivity contribution >= 4 is 30.7 Å². The van der Waals surface area contributed by atoms with Crippen LogP contribution in [0.5, 0.6) is 0 Å². The summed E-state index contributed by atoms with van der Waals surface area (Å²) in [6.07, 6.45) is -1.17. The van der Waals surface area contributed by atoms with Crippen LogP contribution in [0.1, 0.15) is 37.7 Å². The number of ether oxygens (including phenoxy) is 2. The fourth-order valence-corrected chi connectivity index (χ4v) is 4.05. The van der Waals surface area contributed by atoms with Gasteiger partial charge in [0.05, 0.1) is 19.9 Å². The van der Waals surface area contributed by atoms with Gasteiger partial charge in [0, 0.05) is 6.54 Å². The Hall–Kier alpha value is -2.85. The molecule has 2 aromatic rings. The predicted molar refractivity (Wildman–Crippen MR) is 117 cm³/mol. The van der Waals surface area contributed by atoms with Crippen molar-refractivity contribution in [3.8, 4) is 6.07 Å². The van der Waals surface area contributed by atoms with Crippen molar-refractivity contribution in [2.75, 3.05) is 0 Å². The molecule has 0 atom stereocenters. The number of aromatic nitrogens is 2. The van der Waals surface area contributed by atoms with Gasteiger partial charge < -0.3 is 9.47 Å². The number of hydrogen-bond acceptors (Lipinski definition) is 5. The normalized spacial score (nSPS) is 12.4. The van der Waals surface area contributed by atoms with Gasteiger partial charge >= 0.3 is 6.16 Å². The number of nitrogens with zero attached hydrogens (tertiary/aromatic N) is 3. The third kappa shape index (κ3) is 5.58. The molecule has 0 spiro atoms. The van der Waals surface area contributed by atoms with E-state index in [0.29, 0.717) is 17.8 Å². The summed E-state index contributed by atoms with van der Waals surface area (Å²) in [6.45, 7) is 14.6. The van der Waals surface area contributed by atoms with Crippen molar-refractivity contribution in [2.24, 2.45) is 0 Å². The SMILES string of the molecule is CCn1nc(C)cc1/C(OC(=O)OC(C)C)=C(\C#N)c1ccc([Si](C)(C)C)cc1. The molecule has 0 saturated heterocycles. The summed E-state index contributed by atoms with van der Waals surface area (Å²) in [4.78, 5) is 12.3. The molecular formula is C22H29N3O3Si. The highest BCUT2D eigenvalue weighted by Crippen LogP contribution is 2.28. The molecule has 0 fully saturated rings. The van der Waals surface area contributed by atoms with E-state index in [1.54, 1.807) is 24.6 Å². The van der Waals surface area contributed by atoms with E-state index >= 15 is 0 Å². The average Bonchev–Trinajstić information content (AvgIpc) is 3.01. The molecule has 1 aromatic carbocycles. The highest BCUT2D eigenvalue weighted by molar-refractivity contribution is 6.88. The number of hydrogen-bond donors (Lipinski definition) is 0. The van der Waals surface area contributed by atoms with Gasteiger partial charge in [-0.1, -0.05) is 49.1 Å². The molecule has 6 nitrogen and oxygen atoms in total. The van der Waals surface area contributed by atoms with Crippen LogP contribution in [0.3, 0.4) is 0 Å². The summed E-state index contributed by atoms with van der Waals surface area (Å²) in [5.41, 5.74) is 2.29. The lowest BCUT2D eigenvalue weighted by Crippen LogP contribution is -2.37. The van der Waals surface area contributed by atoms with Gasteiger partial charge in [0.25, 0.3) is 0 Å². The molecule has 0 bridgehead atoms. The molecule has 29 heavy (non-hydrogen) atoms. The minimum absolute atomic E-state index is 0.154. The molecule has 154 valence electrons. The number of aryl methyl sites for hydroxylation is 2. The lowest BCUT2D eigenvalue weighted by atomic mass is 10.0. The Bertz CT molecular complexity index is 945. The predicted octanol–water partition coefficient (Wildman–Crippen LogP) is 4.71. The van der Waals surface area contributed by atoms with E-state index < -0.39 is 14.2 Å². The highest BCUT2D eigenvalue weighted by Gasteiger charge is 2.23. The Morgan fingerprint density at radius 2 is 1.86 bits per heavy atom. The van der Waals surface area contributed by atoms with Gasteiger partial charge in [-0.2, -0.15) is 10.4 Å². The van der Waals surface area contributed by atoms with E-state index in [9.17, 15) is 10.1 Å². The van der Waals surface area contributed by atoms with Crippen molar-refractivity contribution in [3.63, 3.8) is 0 Å². The molecule has 0 aliphatic carbocycles. The summed E-state index contributed by atoms with van der Waals surface area (Å²) in [5.74, 6) is 0.154. The van der Waals surface area contributed by atoms with Crippen LogP contribution < -0.4 is 5.19 Å². The second kappa shape index (κ2) is 9.10. The van der Waals surface area contributed by atoms with Crippen LogP contribution in [0.25, 0.3) is 11.3 Å². The number of benzene rings is 1. The summed E-state index contributed by atoms with van der Waals surface area (Å²) in [6, 6.07) is 11.9. The summed E-state index contributed by atoms with van der Waals surface area (Å²) >= 11 is 0. The van der Waals surface area contributed by atoms with Crippen molar-refractivity contribution in [3.05, 3.63) is 47.3 Å². The van der Waals surface area contributed by atoms with Crippen LogP contribution in [0.4, 0.5) is 4.79 Å². The van der Waals surface area contributed by atoms with Crippen molar-refractivity contribution in [1.82, 2.24) is 9.78 Å². The quantitative estimate of drug-likeness (QED) is 0.298. The summed E-state index contributed by atoms with van der Waals surface area (Å²) in [5, 5.41) is 15.7. The van der Waals surface area contributed by atoms with Crippen LogP contribution in [-0.4, -0.2) is 30.1 Å². The molecule has 0 N–H and O–H groups in total. The van der Waals surface area contributed by atoms with Crippen LogP contribution in [0.2, 0.25) is 19.6 Å². The van der Waals surface area contributed by atoms with Crippen LogP contribution in [-0.2, 0) is 16.0 Å². The fraction of sp³-hybridized carbons (Fsp3) is 0.409. The number of carbonyl (C=O) groups excluding carboxylic acids is 1. The molecule has 0 saturated carbocycles. The zero-order valence-corrected chi connectivity index (χ0v) is 19.2. The third-order valence-corrected chi connectivity index (χ3v) is 6.40. The average molecular weight is 412 g/mol. The first-order valence-electron chi connectivity index (χ1n) is 9.75. The molecule has 2 rings (SSSR count). The van der Waals surface area contributed by atoms with E-state index in [1.807, 2.05) is 38.1 Å². The van der Waals surface area contributed by atoms with Crippen LogP contribution in [0.15, 0.2) is 30.3 Å². The van der Waals surface area contributed by atoms with Crippen LogP contribution in [0, 0.1) is 18.3 Å². The van der Waals surface area contributed by atoms with Gasteiger partial charge in [0.1, 0.15) is 17.3 Å². The summed E-state index contributed by atoms with van der Waals surface area (Å²) in [7, 11) is -1.47. The lowest BCUT2D eigenvalue weighted by molar-refractivity contribution is 0.0651. The standard InChI is InChI=1S/C22H29N3O3Si/c1-8-25-20(13-16(4)24-25)21(28-22(26)27-15(2)3)19(14-23)17-9-11-18(12-10-17)29(5,6)7/h9-13,15H,8H2,1-7H3/b21-19-. The summed E-state index contributed by atoms with van der Waals surface area (Å²) < 4.78 is 12.4. The van der Waals surface area contributed by atoms with Crippen molar-refractivity contribution in [1.29, 1.82) is 5.26 Å². The first-order valence-corrected chi connectivity index (χ1v) is 13.2. The topological polar surface area (TPSA) is 77.1 Å². The Morgan fingerprint density at radius 3 is 2.34 bits per heavy atom. The zero-order valence-electron chi connectivity index (χ0n) is 18.2. The first kappa shape index (κ1) is 22.4. The maximum atomic E-state index is 12.3. The van der Waals surface area contributed by atoms with Gasteiger partial charge in [-0.15, -0.1) is 0 Å². The Kier molecular flexibility index (Phi) is 7.04. The van der Waals surface area contributed by atoms with E-state index in [-0.39, 0.29) is 17.4 Å². The van der Waals surface area contributed by atoms with Crippen molar-refractivity contribution < 1.29 is 14.3 Å². The maximum absolute atomic E-state index is 12.3. The van der Waals surface area contributed by atoms with Gasteiger partial charge in [-0.05, 0) is 39.3 Å². The second-order valence-corrected chi connectivity index (χ2v) is 13.2. The van der Waals surface area contributed by atoms with Gasteiger partial charge in [0.15, 0.2) is 5.76 Å². The van der Waals surface area contributed by atoms with E-state index in [2.05, 4.69) is 30.8 Å². The third-order valence-electron chi connectivity index (χ3n) is 4.33. The van der Waals surface area contributed by atoms with E-state index in [0.717, 1.165) is 5.69 Å². The lowest BCUT2D eigenvalue weighted by Gasteiger charge is -2.17. The zero-order chi connectivity index (χ0) is 21.8. The monoisotopic (exact) mass is 411 g/mol. The van der Waals surface area contributed by atoms with Gasteiger partial charge in [0.2, 0.25) is 0 Å².